The Bertz CT molecular complexity index is 996. The maximum Gasteiger partial charge on any atom is 0.277 e. The number of unbranched alkanes of at least 4 members (excludes halogenated alkanes) is 2. The minimum atomic E-state index is -0.192. The van der Waals surface area contributed by atoms with Crippen molar-refractivity contribution in [3.05, 3.63) is 59.9 Å². The molecule has 0 spiro atoms. The molecule has 3 heterocycles. The zero-order valence-corrected chi connectivity index (χ0v) is 19.5. The van der Waals surface area contributed by atoms with Gasteiger partial charge in [-0.15, -0.1) is 0 Å². The summed E-state index contributed by atoms with van der Waals surface area (Å²) >= 11 is 0. The van der Waals surface area contributed by atoms with E-state index in [4.69, 9.17) is 4.74 Å². The number of nitrogens with zero attached hydrogens (tertiary/aromatic N) is 4. The number of amides is 2. The maximum atomic E-state index is 13.5. The van der Waals surface area contributed by atoms with Gasteiger partial charge in [-0.1, -0.05) is 38.0 Å². The van der Waals surface area contributed by atoms with E-state index in [-0.39, 0.29) is 11.8 Å². The lowest BCUT2D eigenvalue weighted by Crippen LogP contribution is -2.48. The van der Waals surface area contributed by atoms with Crippen molar-refractivity contribution in [3.8, 4) is 5.75 Å². The maximum absolute atomic E-state index is 13.5. The summed E-state index contributed by atoms with van der Waals surface area (Å²) in [6.45, 7) is 7.90. The Labute approximate surface area is 195 Å². The highest BCUT2D eigenvalue weighted by atomic mass is 16.5. The summed E-state index contributed by atoms with van der Waals surface area (Å²) in [5.74, 6) is 1.32. The highest BCUT2D eigenvalue weighted by Crippen LogP contribution is 2.33. The van der Waals surface area contributed by atoms with E-state index in [1.54, 1.807) is 6.20 Å². The van der Waals surface area contributed by atoms with Crippen LogP contribution in [0.2, 0.25) is 0 Å². The van der Waals surface area contributed by atoms with E-state index in [1.807, 2.05) is 49.4 Å². The number of hydrogen-bond acceptors (Lipinski definition) is 6. The van der Waals surface area contributed by atoms with E-state index in [0.717, 1.165) is 49.5 Å². The van der Waals surface area contributed by atoms with Gasteiger partial charge in [-0.25, -0.2) is 4.98 Å². The molecule has 0 unspecified atom stereocenters. The summed E-state index contributed by atoms with van der Waals surface area (Å²) in [4.78, 5) is 37.1. The van der Waals surface area contributed by atoms with Crippen LogP contribution in [0.1, 0.15) is 38.7 Å². The average Bonchev–Trinajstić information content (AvgIpc) is 3.10. The van der Waals surface area contributed by atoms with Crippen molar-refractivity contribution in [1.82, 2.24) is 14.8 Å². The number of carbonyl (C=O) groups is 2. The van der Waals surface area contributed by atoms with E-state index in [2.05, 4.69) is 21.7 Å². The predicted molar refractivity (Wildman–Crippen MR) is 129 cm³/mol. The molecule has 0 atom stereocenters. The van der Waals surface area contributed by atoms with Gasteiger partial charge in [-0.05, 0) is 43.2 Å². The SMILES string of the molecule is CCCCCN1C(=O)C(c2ccc(OCC)cc2)=C(N2CCN(c3ccccn3)CC2)C1=O. The number of imide groups is 1. The van der Waals surface area contributed by atoms with Crippen LogP contribution in [0, 0.1) is 0 Å². The van der Waals surface area contributed by atoms with Crippen LogP contribution in [0.3, 0.4) is 0 Å². The topological polar surface area (TPSA) is 66.0 Å². The third-order valence-corrected chi connectivity index (χ3v) is 6.15. The van der Waals surface area contributed by atoms with Crippen molar-refractivity contribution in [3.63, 3.8) is 0 Å². The third kappa shape index (κ3) is 4.87. The molecule has 7 heteroatoms. The van der Waals surface area contributed by atoms with Gasteiger partial charge in [0, 0.05) is 38.9 Å². The molecule has 2 aromatic rings. The summed E-state index contributed by atoms with van der Waals surface area (Å²) in [6, 6.07) is 13.4. The lowest BCUT2D eigenvalue weighted by atomic mass is 10.0. The minimum Gasteiger partial charge on any atom is -0.494 e. The van der Waals surface area contributed by atoms with Gasteiger partial charge in [0.1, 0.15) is 17.3 Å². The second kappa shape index (κ2) is 10.5. The first kappa shape index (κ1) is 22.8. The molecule has 2 aliphatic heterocycles. The quantitative estimate of drug-likeness (QED) is 0.432. The molecule has 2 aliphatic rings. The lowest BCUT2D eigenvalue weighted by Gasteiger charge is -2.37. The van der Waals surface area contributed by atoms with E-state index in [0.29, 0.717) is 37.5 Å². The summed E-state index contributed by atoms with van der Waals surface area (Å²) in [7, 11) is 0. The Morgan fingerprint density at radius 2 is 1.61 bits per heavy atom. The van der Waals surface area contributed by atoms with Crippen molar-refractivity contribution in [2.75, 3.05) is 44.2 Å². The van der Waals surface area contributed by atoms with Crippen molar-refractivity contribution in [2.45, 2.75) is 33.1 Å². The lowest BCUT2D eigenvalue weighted by molar-refractivity contribution is -0.137. The van der Waals surface area contributed by atoms with Crippen LogP contribution < -0.4 is 9.64 Å². The second-order valence-corrected chi connectivity index (χ2v) is 8.31. The molecule has 7 nitrogen and oxygen atoms in total. The molecule has 0 saturated carbocycles. The minimum absolute atomic E-state index is 0.175. The Kier molecular flexibility index (Phi) is 7.27. The van der Waals surface area contributed by atoms with Gasteiger partial charge >= 0.3 is 0 Å². The van der Waals surface area contributed by atoms with Crippen LogP contribution >= 0.6 is 0 Å². The first-order chi connectivity index (χ1) is 16.1. The van der Waals surface area contributed by atoms with Gasteiger partial charge in [0.2, 0.25) is 0 Å². The average molecular weight is 449 g/mol. The van der Waals surface area contributed by atoms with Gasteiger partial charge < -0.3 is 14.5 Å². The fourth-order valence-corrected chi connectivity index (χ4v) is 4.42. The van der Waals surface area contributed by atoms with E-state index < -0.39 is 0 Å². The molecule has 1 saturated heterocycles. The summed E-state index contributed by atoms with van der Waals surface area (Å²) < 4.78 is 5.55. The summed E-state index contributed by atoms with van der Waals surface area (Å²) in [5.41, 5.74) is 1.80. The van der Waals surface area contributed by atoms with Gasteiger partial charge in [0.25, 0.3) is 11.8 Å². The molecule has 1 aromatic carbocycles. The van der Waals surface area contributed by atoms with Crippen molar-refractivity contribution in [2.24, 2.45) is 0 Å². The van der Waals surface area contributed by atoms with Crippen molar-refractivity contribution in [1.29, 1.82) is 0 Å². The Morgan fingerprint density at radius 3 is 2.24 bits per heavy atom. The molecule has 1 aromatic heterocycles. The number of carbonyl (C=O) groups excluding carboxylic acids is 2. The highest BCUT2D eigenvalue weighted by molar-refractivity contribution is 6.35. The Balaban J connectivity index is 1.60. The van der Waals surface area contributed by atoms with Gasteiger partial charge in [-0.3, -0.25) is 14.5 Å². The number of ether oxygens (including phenoxy) is 1. The molecule has 0 aliphatic carbocycles. The fraction of sp³-hybridized carbons (Fsp3) is 0.423. The molecule has 4 rings (SSSR count). The van der Waals surface area contributed by atoms with Crippen LogP contribution in [0.5, 0.6) is 5.75 Å². The zero-order chi connectivity index (χ0) is 23.2. The second-order valence-electron chi connectivity index (χ2n) is 8.31. The number of piperazine rings is 1. The van der Waals surface area contributed by atoms with Gasteiger partial charge in [0.05, 0.1) is 12.2 Å². The smallest absolute Gasteiger partial charge is 0.277 e. The molecule has 1 fully saturated rings. The first-order valence-corrected chi connectivity index (χ1v) is 11.9. The van der Waals surface area contributed by atoms with Crippen LogP contribution in [0.25, 0.3) is 5.57 Å². The molecule has 0 N–H and O–H groups in total. The number of rotatable bonds is 9. The Hall–Kier alpha value is -3.35. The van der Waals surface area contributed by atoms with E-state index >= 15 is 0 Å². The standard InChI is InChI=1S/C26H32N4O3/c1-3-5-8-15-30-25(31)23(20-10-12-21(13-11-20)33-4-2)24(26(30)32)29-18-16-28(17-19-29)22-9-6-7-14-27-22/h6-7,9-14H,3-5,8,15-19H2,1-2H3. The van der Waals surface area contributed by atoms with Gasteiger partial charge in [0.15, 0.2) is 0 Å². The predicted octanol–water partition coefficient (Wildman–Crippen LogP) is 3.57. The molecule has 174 valence electrons. The van der Waals surface area contributed by atoms with Crippen LogP contribution in [-0.4, -0.2) is 65.9 Å². The first-order valence-electron chi connectivity index (χ1n) is 11.9. The Morgan fingerprint density at radius 1 is 0.879 bits per heavy atom. The zero-order valence-electron chi connectivity index (χ0n) is 19.5. The molecular formula is C26H32N4O3. The van der Waals surface area contributed by atoms with Crippen LogP contribution in [-0.2, 0) is 9.59 Å². The monoisotopic (exact) mass is 448 g/mol. The number of benzene rings is 1. The van der Waals surface area contributed by atoms with Gasteiger partial charge in [-0.2, -0.15) is 0 Å². The number of pyridine rings is 1. The molecule has 33 heavy (non-hydrogen) atoms. The van der Waals surface area contributed by atoms with E-state index in [1.165, 1.54) is 4.90 Å². The van der Waals surface area contributed by atoms with Crippen molar-refractivity contribution >= 4 is 23.2 Å². The largest absolute Gasteiger partial charge is 0.494 e. The highest BCUT2D eigenvalue weighted by Gasteiger charge is 2.41. The normalized spacial score (nSPS) is 16.7. The molecule has 0 radical (unpaired) electrons. The van der Waals surface area contributed by atoms with Crippen LogP contribution in [0.15, 0.2) is 54.4 Å². The number of anilines is 1. The fourth-order valence-electron chi connectivity index (χ4n) is 4.42. The molecular weight excluding hydrogens is 416 g/mol. The van der Waals surface area contributed by atoms with E-state index in [9.17, 15) is 9.59 Å². The number of aromatic nitrogens is 1. The third-order valence-electron chi connectivity index (χ3n) is 6.15. The summed E-state index contributed by atoms with van der Waals surface area (Å²) in [6.07, 6.45) is 4.65. The van der Waals surface area contributed by atoms with Crippen molar-refractivity contribution < 1.29 is 14.3 Å². The van der Waals surface area contributed by atoms with Crippen LogP contribution in [0.4, 0.5) is 5.82 Å². The summed E-state index contributed by atoms with van der Waals surface area (Å²) in [5, 5.41) is 0. The molecule has 0 bridgehead atoms. The molecule has 2 amide bonds. The number of hydrogen-bond donors (Lipinski definition) is 0.